The minimum absolute atomic E-state index is 0.00346. The number of carbonyl (C=O) groups excluding carboxylic acids is 1. The standard InChI is InChI=1S/C21H20ClN5O2/c1-13-6-15(2-3-16(13)22)29-9-18(28)27-21-10-20(11-21,12-21)26-14-7-17-19(25-8-14)24-5-4-23-17/h2-8,26H,9-12H2,1H3,(H,27,28). The van der Waals surface area contributed by atoms with E-state index in [4.69, 9.17) is 16.3 Å². The molecule has 8 heteroatoms. The molecule has 2 aromatic heterocycles. The minimum Gasteiger partial charge on any atom is -0.484 e. The molecule has 2 bridgehead atoms. The van der Waals surface area contributed by atoms with Crippen LogP contribution in [0.5, 0.6) is 5.75 Å². The molecule has 0 atom stereocenters. The zero-order valence-electron chi connectivity index (χ0n) is 15.9. The molecule has 0 aliphatic heterocycles. The third-order valence-corrected chi connectivity index (χ3v) is 6.09. The fourth-order valence-corrected chi connectivity index (χ4v) is 4.59. The number of anilines is 1. The van der Waals surface area contributed by atoms with E-state index in [1.807, 2.05) is 19.1 Å². The molecule has 0 unspecified atom stereocenters. The van der Waals surface area contributed by atoms with Crippen molar-refractivity contribution in [3.8, 4) is 5.75 Å². The van der Waals surface area contributed by atoms with E-state index >= 15 is 0 Å². The van der Waals surface area contributed by atoms with Gasteiger partial charge in [-0.2, -0.15) is 0 Å². The van der Waals surface area contributed by atoms with Gasteiger partial charge in [-0.1, -0.05) is 11.6 Å². The summed E-state index contributed by atoms with van der Waals surface area (Å²) in [5.74, 6) is 0.540. The average Bonchev–Trinajstić information content (AvgIpc) is 2.66. The molecule has 3 saturated carbocycles. The highest BCUT2D eigenvalue weighted by Crippen LogP contribution is 2.61. The Morgan fingerprint density at radius 2 is 1.93 bits per heavy atom. The van der Waals surface area contributed by atoms with Crippen molar-refractivity contribution in [3.63, 3.8) is 0 Å². The first-order chi connectivity index (χ1) is 13.9. The molecule has 3 aliphatic rings. The van der Waals surface area contributed by atoms with Gasteiger partial charge in [0.1, 0.15) is 11.3 Å². The van der Waals surface area contributed by atoms with Crippen LogP contribution in [0.2, 0.25) is 5.02 Å². The molecule has 7 nitrogen and oxygen atoms in total. The average molecular weight is 410 g/mol. The van der Waals surface area contributed by atoms with Gasteiger partial charge >= 0.3 is 0 Å². The molecule has 3 aliphatic carbocycles. The Morgan fingerprint density at radius 1 is 1.14 bits per heavy atom. The molecule has 0 spiro atoms. The number of hydrogen-bond acceptors (Lipinski definition) is 6. The van der Waals surface area contributed by atoms with Gasteiger partial charge in [-0.15, -0.1) is 0 Å². The lowest BCUT2D eigenvalue weighted by Crippen LogP contribution is -2.81. The lowest BCUT2D eigenvalue weighted by molar-refractivity contribution is -0.135. The van der Waals surface area contributed by atoms with Crippen LogP contribution in [0.1, 0.15) is 24.8 Å². The molecular weight excluding hydrogens is 390 g/mol. The summed E-state index contributed by atoms with van der Waals surface area (Å²) in [4.78, 5) is 25.1. The Bertz CT molecular complexity index is 1100. The van der Waals surface area contributed by atoms with Gasteiger partial charge in [0.15, 0.2) is 12.3 Å². The monoisotopic (exact) mass is 409 g/mol. The van der Waals surface area contributed by atoms with Gasteiger partial charge in [-0.25, -0.2) is 9.97 Å². The summed E-state index contributed by atoms with van der Waals surface area (Å²) in [5.41, 5.74) is 3.16. The maximum absolute atomic E-state index is 12.3. The number of rotatable bonds is 6. The number of aryl methyl sites for hydroxylation is 1. The van der Waals surface area contributed by atoms with Crippen molar-refractivity contribution in [2.45, 2.75) is 37.3 Å². The Labute approximate surface area is 172 Å². The van der Waals surface area contributed by atoms with Crippen molar-refractivity contribution in [3.05, 3.63) is 53.4 Å². The Morgan fingerprint density at radius 3 is 2.72 bits per heavy atom. The highest BCUT2D eigenvalue weighted by atomic mass is 35.5. The third kappa shape index (κ3) is 3.35. The van der Waals surface area contributed by atoms with Crippen LogP contribution in [0.3, 0.4) is 0 Å². The van der Waals surface area contributed by atoms with Crippen LogP contribution in [0, 0.1) is 6.92 Å². The van der Waals surface area contributed by atoms with Crippen LogP contribution >= 0.6 is 11.6 Å². The second-order valence-corrected chi connectivity index (χ2v) is 8.49. The predicted molar refractivity (Wildman–Crippen MR) is 110 cm³/mol. The fraction of sp³-hybridized carbons (Fsp3) is 0.333. The SMILES string of the molecule is Cc1cc(OCC(=O)NC23CC(Nc4cnc5nccnc5c4)(C2)C3)ccc1Cl. The summed E-state index contributed by atoms with van der Waals surface area (Å²) in [7, 11) is 0. The van der Waals surface area contributed by atoms with Crippen molar-refractivity contribution in [1.82, 2.24) is 20.3 Å². The largest absolute Gasteiger partial charge is 0.484 e. The highest BCUT2D eigenvalue weighted by molar-refractivity contribution is 6.31. The second-order valence-electron chi connectivity index (χ2n) is 8.09. The van der Waals surface area contributed by atoms with Crippen LogP contribution in [-0.4, -0.2) is 38.5 Å². The molecule has 0 saturated heterocycles. The molecule has 29 heavy (non-hydrogen) atoms. The third-order valence-electron chi connectivity index (χ3n) is 5.67. The lowest BCUT2D eigenvalue weighted by atomic mass is 9.44. The molecular formula is C21H20ClN5O2. The van der Waals surface area contributed by atoms with E-state index in [0.717, 1.165) is 36.0 Å². The van der Waals surface area contributed by atoms with Crippen molar-refractivity contribution in [2.75, 3.05) is 11.9 Å². The number of ether oxygens (including phenoxy) is 1. The number of carbonyl (C=O) groups is 1. The molecule has 1 amide bonds. The number of hydrogen-bond donors (Lipinski definition) is 2. The number of halogens is 1. The molecule has 3 fully saturated rings. The first kappa shape index (κ1) is 18.1. The van der Waals surface area contributed by atoms with Gasteiger partial charge in [0, 0.05) is 28.5 Å². The summed E-state index contributed by atoms with van der Waals surface area (Å²) in [5, 5.41) is 7.36. The molecule has 1 aromatic carbocycles. The van der Waals surface area contributed by atoms with Crippen LogP contribution < -0.4 is 15.4 Å². The summed E-state index contributed by atoms with van der Waals surface area (Å²) >= 11 is 6.01. The first-order valence-electron chi connectivity index (χ1n) is 9.49. The summed E-state index contributed by atoms with van der Waals surface area (Å²) in [6.07, 6.45) is 7.75. The van der Waals surface area contributed by atoms with Crippen molar-refractivity contribution < 1.29 is 9.53 Å². The number of aromatic nitrogens is 3. The molecule has 6 rings (SSSR count). The van der Waals surface area contributed by atoms with Gasteiger partial charge in [-0.3, -0.25) is 9.78 Å². The number of nitrogens with zero attached hydrogens (tertiary/aromatic N) is 3. The van der Waals surface area contributed by atoms with Gasteiger partial charge in [-0.05, 0) is 56.0 Å². The fourth-order valence-electron chi connectivity index (χ4n) is 4.47. The van der Waals surface area contributed by atoms with E-state index in [2.05, 4.69) is 25.6 Å². The van der Waals surface area contributed by atoms with Crippen molar-refractivity contribution >= 4 is 34.4 Å². The number of fused-ring (bicyclic) bond motifs is 1. The van der Waals surface area contributed by atoms with Crippen molar-refractivity contribution in [2.24, 2.45) is 0 Å². The number of nitrogens with one attached hydrogen (secondary N) is 2. The Kier molecular flexibility index (Phi) is 4.10. The first-order valence-corrected chi connectivity index (χ1v) is 9.87. The minimum atomic E-state index is -0.118. The number of benzene rings is 1. The van der Waals surface area contributed by atoms with Gasteiger partial charge in [0.05, 0.1) is 11.9 Å². The van der Waals surface area contributed by atoms with Gasteiger partial charge in [0.25, 0.3) is 5.91 Å². The van der Waals surface area contributed by atoms with Crippen LogP contribution in [0.15, 0.2) is 42.9 Å². The van der Waals surface area contributed by atoms with Crippen LogP contribution in [-0.2, 0) is 4.79 Å². The number of amides is 1. The molecule has 0 radical (unpaired) electrons. The maximum Gasteiger partial charge on any atom is 0.258 e. The zero-order valence-corrected chi connectivity index (χ0v) is 16.7. The highest BCUT2D eigenvalue weighted by Gasteiger charge is 2.68. The topological polar surface area (TPSA) is 89.0 Å². The van der Waals surface area contributed by atoms with E-state index in [1.54, 1.807) is 30.7 Å². The van der Waals surface area contributed by atoms with Crippen LogP contribution in [0.25, 0.3) is 11.2 Å². The summed E-state index contributed by atoms with van der Waals surface area (Å²) < 4.78 is 5.59. The molecule has 3 aromatic rings. The van der Waals surface area contributed by atoms with E-state index in [1.165, 1.54) is 0 Å². The smallest absolute Gasteiger partial charge is 0.258 e. The van der Waals surface area contributed by atoms with Crippen molar-refractivity contribution in [1.29, 1.82) is 0 Å². The lowest BCUT2D eigenvalue weighted by Gasteiger charge is -2.70. The van der Waals surface area contributed by atoms with E-state index in [0.29, 0.717) is 16.4 Å². The predicted octanol–water partition coefficient (Wildman–Crippen LogP) is 3.27. The normalized spacial score (nSPS) is 24.3. The van der Waals surface area contributed by atoms with E-state index < -0.39 is 0 Å². The van der Waals surface area contributed by atoms with Gasteiger partial charge in [0.2, 0.25) is 0 Å². The molecule has 2 N–H and O–H groups in total. The Balaban J connectivity index is 1.13. The quantitative estimate of drug-likeness (QED) is 0.649. The number of pyridine rings is 1. The summed E-state index contributed by atoms with van der Waals surface area (Å²) in [6, 6.07) is 7.33. The second kappa shape index (κ2) is 6.56. The van der Waals surface area contributed by atoms with Crippen LogP contribution in [0.4, 0.5) is 5.69 Å². The summed E-state index contributed by atoms with van der Waals surface area (Å²) in [6.45, 7) is 1.90. The zero-order chi connectivity index (χ0) is 20.1. The Hall–Kier alpha value is -2.93. The van der Waals surface area contributed by atoms with E-state index in [9.17, 15) is 4.79 Å². The molecule has 148 valence electrons. The van der Waals surface area contributed by atoms with E-state index in [-0.39, 0.29) is 23.6 Å². The maximum atomic E-state index is 12.3. The van der Waals surface area contributed by atoms with Gasteiger partial charge < -0.3 is 15.4 Å². The molecule has 2 heterocycles.